The lowest BCUT2D eigenvalue weighted by atomic mass is 10.2. The lowest BCUT2D eigenvalue weighted by Gasteiger charge is -2.11. The number of ether oxygens (including phenoxy) is 1. The van der Waals surface area contributed by atoms with E-state index in [1.165, 1.54) is 0 Å². The van der Waals surface area contributed by atoms with E-state index in [1.807, 2.05) is 55.5 Å². The van der Waals surface area contributed by atoms with Gasteiger partial charge in [-0.3, -0.25) is 15.6 Å². The smallest absolute Gasteiger partial charge is 0.305 e. The Kier molecular flexibility index (Phi) is 4.52. The van der Waals surface area contributed by atoms with Crippen molar-refractivity contribution in [1.82, 2.24) is 10.9 Å². The van der Waals surface area contributed by atoms with Gasteiger partial charge in [0.05, 0.1) is 12.3 Å². The molecule has 0 spiro atoms. The second-order valence-corrected chi connectivity index (χ2v) is 5.16. The van der Waals surface area contributed by atoms with Gasteiger partial charge in [-0.15, -0.1) is 0 Å². The SMILES string of the molecule is C=C(NNC(=O)c1cc2ccccc2o1)c1ccc(OCC)cc1. The fourth-order valence-electron chi connectivity index (χ4n) is 2.28. The van der Waals surface area contributed by atoms with Crippen LogP contribution in [0.1, 0.15) is 23.0 Å². The molecular formula is C19H18N2O3. The molecule has 3 aromatic rings. The number of furan rings is 1. The highest BCUT2D eigenvalue weighted by Gasteiger charge is 2.12. The summed E-state index contributed by atoms with van der Waals surface area (Å²) in [4.78, 5) is 12.2. The Morgan fingerprint density at radius 3 is 2.58 bits per heavy atom. The van der Waals surface area contributed by atoms with Crippen molar-refractivity contribution >= 4 is 22.6 Å². The van der Waals surface area contributed by atoms with Crippen LogP contribution in [0, 0.1) is 0 Å². The monoisotopic (exact) mass is 322 g/mol. The van der Waals surface area contributed by atoms with E-state index in [9.17, 15) is 4.79 Å². The van der Waals surface area contributed by atoms with E-state index in [0.29, 0.717) is 17.9 Å². The van der Waals surface area contributed by atoms with Crippen LogP contribution in [0.3, 0.4) is 0 Å². The molecule has 5 nitrogen and oxygen atoms in total. The standard InChI is InChI=1S/C19H18N2O3/c1-3-23-16-10-8-14(9-11-16)13(2)20-21-19(22)18-12-15-6-4-5-7-17(15)24-18/h4-12,20H,2-3H2,1H3,(H,21,22). The van der Waals surface area contributed by atoms with Gasteiger partial charge in [0.2, 0.25) is 0 Å². The van der Waals surface area contributed by atoms with Crippen LogP contribution < -0.4 is 15.6 Å². The highest BCUT2D eigenvalue weighted by Crippen LogP contribution is 2.19. The third-order valence-corrected chi connectivity index (χ3v) is 3.49. The molecule has 0 fully saturated rings. The summed E-state index contributed by atoms with van der Waals surface area (Å²) in [5.41, 5.74) is 7.48. The van der Waals surface area contributed by atoms with Gasteiger partial charge in [-0.2, -0.15) is 0 Å². The molecule has 1 heterocycles. The average molecular weight is 322 g/mol. The number of hydrogen-bond donors (Lipinski definition) is 2. The van der Waals surface area contributed by atoms with Crippen LogP contribution in [-0.4, -0.2) is 12.5 Å². The van der Waals surface area contributed by atoms with Crippen molar-refractivity contribution in [2.45, 2.75) is 6.92 Å². The third-order valence-electron chi connectivity index (χ3n) is 3.49. The molecule has 0 unspecified atom stereocenters. The predicted octanol–water partition coefficient (Wildman–Crippen LogP) is 3.74. The zero-order chi connectivity index (χ0) is 16.9. The van der Waals surface area contributed by atoms with E-state index >= 15 is 0 Å². The van der Waals surface area contributed by atoms with E-state index < -0.39 is 0 Å². The first-order valence-electron chi connectivity index (χ1n) is 7.64. The summed E-state index contributed by atoms with van der Waals surface area (Å²) in [5.74, 6) is 0.668. The molecule has 0 bridgehead atoms. The third kappa shape index (κ3) is 3.41. The minimum absolute atomic E-state index is 0.239. The second kappa shape index (κ2) is 6.91. The van der Waals surface area contributed by atoms with Gasteiger partial charge in [0.15, 0.2) is 5.76 Å². The Labute approximate surface area is 139 Å². The van der Waals surface area contributed by atoms with Crippen LogP contribution >= 0.6 is 0 Å². The van der Waals surface area contributed by atoms with Crippen LogP contribution in [0.25, 0.3) is 16.7 Å². The number of fused-ring (bicyclic) bond motifs is 1. The maximum absolute atomic E-state index is 12.2. The summed E-state index contributed by atoms with van der Waals surface area (Å²) in [5, 5.41) is 0.882. The lowest BCUT2D eigenvalue weighted by molar-refractivity contribution is 0.0916. The number of benzene rings is 2. The Bertz CT molecular complexity index is 833. The minimum Gasteiger partial charge on any atom is -0.494 e. The summed E-state index contributed by atoms with van der Waals surface area (Å²) >= 11 is 0. The van der Waals surface area contributed by atoms with Crippen molar-refractivity contribution in [3.05, 3.63) is 72.5 Å². The highest BCUT2D eigenvalue weighted by molar-refractivity contribution is 5.96. The van der Waals surface area contributed by atoms with Crippen molar-refractivity contribution < 1.29 is 13.9 Å². The molecule has 0 aliphatic heterocycles. The van der Waals surface area contributed by atoms with Gasteiger partial charge in [-0.05, 0) is 48.9 Å². The maximum atomic E-state index is 12.2. The Hall–Kier alpha value is -3.21. The topological polar surface area (TPSA) is 63.5 Å². The minimum atomic E-state index is -0.363. The van der Waals surface area contributed by atoms with Crippen LogP contribution in [0.4, 0.5) is 0 Å². The number of para-hydroxylation sites is 1. The van der Waals surface area contributed by atoms with Crippen molar-refractivity contribution in [2.24, 2.45) is 0 Å². The van der Waals surface area contributed by atoms with Crippen molar-refractivity contribution in [3.63, 3.8) is 0 Å². The zero-order valence-corrected chi connectivity index (χ0v) is 13.3. The molecule has 122 valence electrons. The van der Waals surface area contributed by atoms with Gasteiger partial charge >= 0.3 is 5.91 Å². The van der Waals surface area contributed by atoms with E-state index in [2.05, 4.69) is 17.4 Å². The summed E-state index contributed by atoms with van der Waals surface area (Å²) in [6, 6.07) is 16.6. The van der Waals surface area contributed by atoms with Crippen molar-refractivity contribution in [1.29, 1.82) is 0 Å². The van der Waals surface area contributed by atoms with Crippen molar-refractivity contribution in [2.75, 3.05) is 6.61 Å². The first kappa shape index (κ1) is 15.7. The first-order valence-corrected chi connectivity index (χ1v) is 7.64. The van der Waals surface area contributed by atoms with E-state index in [4.69, 9.17) is 9.15 Å². The Morgan fingerprint density at radius 2 is 1.88 bits per heavy atom. The van der Waals surface area contributed by atoms with Crippen LogP contribution in [0.2, 0.25) is 0 Å². The quantitative estimate of drug-likeness (QED) is 0.679. The molecular weight excluding hydrogens is 304 g/mol. The number of rotatable bonds is 6. The number of nitrogens with one attached hydrogen (secondary N) is 2. The Morgan fingerprint density at radius 1 is 1.12 bits per heavy atom. The maximum Gasteiger partial charge on any atom is 0.305 e. The summed E-state index contributed by atoms with van der Waals surface area (Å²) in [6.45, 7) is 6.46. The molecule has 3 rings (SSSR count). The lowest BCUT2D eigenvalue weighted by Crippen LogP contribution is -2.35. The molecule has 2 aromatic carbocycles. The van der Waals surface area contributed by atoms with Gasteiger partial charge in [-0.25, -0.2) is 0 Å². The molecule has 0 atom stereocenters. The van der Waals surface area contributed by atoms with Crippen LogP contribution in [-0.2, 0) is 0 Å². The van der Waals surface area contributed by atoms with Gasteiger partial charge in [0.25, 0.3) is 0 Å². The predicted molar refractivity (Wildman–Crippen MR) is 93.5 cm³/mol. The largest absolute Gasteiger partial charge is 0.494 e. The zero-order valence-electron chi connectivity index (χ0n) is 13.3. The summed E-state index contributed by atoms with van der Waals surface area (Å²) in [7, 11) is 0. The summed E-state index contributed by atoms with van der Waals surface area (Å²) < 4.78 is 10.9. The molecule has 24 heavy (non-hydrogen) atoms. The van der Waals surface area contributed by atoms with Crippen LogP contribution in [0.5, 0.6) is 5.75 Å². The molecule has 1 amide bonds. The van der Waals surface area contributed by atoms with Crippen LogP contribution in [0.15, 0.2) is 65.6 Å². The molecule has 2 N–H and O–H groups in total. The molecule has 0 saturated heterocycles. The normalized spacial score (nSPS) is 10.4. The molecule has 0 radical (unpaired) electrons. The Balaban J connectivity index is 1.61. The van der Waals surface area contributed by atoms with Gasteiger partial charge in [0.1, 0.15) is 11.3 Å². The average Bonchev–Trinajstić information content (AvgIpc) is 3.04. The molecule has 0 aliphatic carbocycles. The fourth-order valence-corrected chi connectivity index (χ4v) is 2.28. The molecule has 5 heteroatoms. The first-order chi connectivity index (χ1) is 11.7. The number of carbonyl (C=O) groups is 1. The van der Waals surface area contributed by atoms with Gasteiger partial charge in [0, 0.05) is 5.39 Å². The molecule has 0 saturated carbocycles. The number of carbonyl (C=O) groups excluding carboxylic acids is 1. The highest BCUT2D eigenvalue weighted by atomic mass is 16.5. The second-order valence-electron chi connectivity index (χ2n) is 5.16. The summed E-state index contributed by atoms with van der Waals surface area (Å²) in [6.07, 6.45) is 0. The van der Waals surface area contributed by atoms with E-state index in [-0.39, 0.29) is 11.7 Å². The fraction of sp³-hybridized carbons (Fsp3) is 0.105. The van der Waals surface area contributed by atoms with Crippen molar-refractivity contribution in [3.8, 4) is 5.75 Å². The van der Waals surface area contributed by atoms with Gasteiger partial charge in [-0.1, -0.05) is 24.8 Å². The van der Waals surface area contributed by atoms with E-state index in [1.54, 1.807) is 6.07 Å². The van der Waals surface area contributed by atoms with Gasteiger partial charge < -0.3 is 9.15 Å². The van der Waals surface area contributed by atoms with E-state index in [0.717, 1.165) is 16.7 Å². The molecule has 0 aliphatic rings. The number of amides is 1. The number of hydrogen-bond acceptors (Lipinski definition) is 4. The number of hydrazine groups is 1. The molecule has 1 aromatic heterocycles.